The van der Waals surface area contributed by atoms with Crippen LogP contribution in [0.25, 0.3) is 0 Å². The van der Waals surface area contributed by atoms with Gasteiger partial charge in [-0.15, -0.1) is 0 Å². The summed E-state index contributed by atoms with van der Waals surface area (Å²) in [6, 6.07) is 0. The molecule has 1 spiro atoms. The van der Waals surface area contributed by atoms with Crippen molar-refractivity contribution in [2.24, 2.45) is 11.3 Å². The number of hydrogen-bond acceptors (Lipinski definition) is 3. The van der Waals surface area contributed by atoms with E-state index in [4.69, 9.17) is 0 Å². The molecule has 1 N–H and O–H groups in total. The zero-order valence-corrected chi connectivity index (χ0v) is 6.92. The summed E-state index contributed by atoms with van der Waals surface area (Å²) in [5.74, 6) is -0.394. The quantitative estimate of drug-likeness (QED) is 0.547. The predicted molar refractivity (Wildman–Crippen MR) is 40.2 cm³/mol. The molecule has 0 bridgehead atoms. The molecule has 12 heavy (non-hydrogen) atoms. The third-order valence-corrected chi connectivity index (χ3v) is 2.87. The lowest BCUT2D eigenvalue weighted by molar-refractivity contribution is -0.144. The van der Waals surface area contributed by atoms with E-state index in [-0.39, 0.29) is 23.2 Å². The Morgan fingerprint density at radius 3 is 3.00 bits per heavy atom. The Kier molecular flexibility index (Phi) is 1.40. The molecule has 2 fully saturated rings. The van der Waals surface area contributed by atoms with Crippen LogP contribution in [0.2, 0.25) is 0 Å². The summed E-state index contributed by atoms with van der Waals surface area (Å²) in [5, 5.41) is 2.73. The van der Waals surface area contributed by atoms with E-state index in [2.05, 4.69) is 10.1 Å². The largest absolute Gasteiger partial charge is 0.469 e. The van der Waals surface area contributed by atoms with Gasteiger partial charge in [0.2, 0.25) is 5.91 Å². The van der Waals surface area contributed by atoms with Crippen LogP contribution in [0, 0.1) is 11.3 Å². The van der Waals surface area contributed by atoms with E-state index in [9.17, 15) is 9.59 Å². The normalized spacial score (nSPS) is 38.1. The first-order chi connectivity index (χ1) is 5.70. The minimum atomic E-state index is -0.382. The van der Waals surface area contributed by atoms with Crippen LogP contribution in [-0.2, 0) is 14.3 Å². The SMILES string of the molecule is COC(=O)[C@@H]1C[C@]12CCNC2=O. The smallest absolute Gasteiger partial charge is 0.309 e. The van der Waals surface area contributed by atoms with E-state index >= 15 is 0 Å². The van der Waals surface area contributed by atoms with Crippen molar-refractivity contribution in [3.63, 3.8) is 0 Å². The minimum Gasteiger partial charge on any atom is -0.469 e. The van der Waals surface area contributed by atoms with Gasteiger partial charge >= 0.3 is 5.97 Å². The van der Waals surface area contributed by atoms with Crippen LogP contribution < -0.4 is 5.32 Å². The molecule has 1 saturated carbocycles. The minimum absolute atomic E-state index is 0.0258. The number of methoxy groups -OCH3 is 1. The third-order valence-electron chi connectivity index (χ3n) is 2.87. The molecule has 4 heteroatoms. The second kappa shape index (κ2) is 2.21. The fourth-order valence-corrected chi connectivity index (χ4v) is 1.97. The fourth-order valence-electron chi connectivity index (χ4n) is 1.97. The molecule has 4 nitrogen and oxygen atoms in total. The molecule has 1 aliphatic heterocycles. The van der Waals surface area contributed by atoms with Gasteiger partial charge in [-0.1, -0.05) is 0 Å². The van der Waals surface area contributed by atoms with E-state index in [0.717, 1.165) is 6.42 Å². The Bertz CT molecular complexity index is 251. The van der Waals surface area contributed by atoms with Gasteiger partial charge in [-0.2, -0.15) is 0 Å². The van der Waals surface area contributed by atoms with Crippen molar-refractivity contribution in [2.45, 2.75) is 12.8 Å². The maximum absolute atomic E-state index is 11.3. The topological polar surface area (TPSA) is 55.4 Å². The summed E-state index contributed by atoms with van der Waals surface area (Å²) >= 11 is 0. The van der Waals surface area contributed by atoms with Gasteiger partial charge in [-0.05, 0) is 12.8 Å². The maximum Gasteiger partial charge on any atom is 0.309 e. The number of nitrogens with one attached hydrogen (secondary N) is 1. The standard InChI is InChI=1S/C8H11NO3/c1-12-6(10)5-4-8(5)2-3-9-7(8)11/h5H,2-4H2,1H3,(H,9,11)/t5-,8+/m0/s1. The van der Waals surface area contributed by atoms with E-state index in [1.54, 1.807) is 0 Å². The van der Waals surface area contributed by atoms with Crippen LogP contribution in [0.5, 0.6) is 0 Å². The summed E-state index contributed by atoms with van der Waals surface area (Å²) in [6.45, 7) is 0.701. The highest BCUT2D eigenvalue weighted by Crippen LogP contribution is 2.57. The number of carbonyl (C=O) groups is 2. The first-order valence-electron chi connectivity index (χ1n) is 4.07. The molecule has 0 aromatic rings. The Labute approximate surface area is 70.3 Å². The van der Waals surface area contributed by atoms with E-state index < -0.39 is 0 Å². The molecular formula is C8H11NO3. The number of carbonyl (C=O) groups excluding carboxylic acids is 2. The van der Waals surface area contributed by atoms with Crippen LogP contribution in [0.15, 0.2) is 0 Å². The number of rotatable bonds is 1. The lowest BCUT2D eigenvalue weighted by Crippen LogP contribution is -2.23. The zero-order chi connectivity index (χ0) is 8.77. The van der Waals surface area contributed by atoms with Crippen molar-refractivity contribution in [1.82, 2.24) is 5.32 Å². The van der Waals surface area contributed by atoms with E-state index in [1.807, 2.05) is 0 Å². The van der Waals surface area contributed by atoms with E-state index in [1.165, 1.54) is 7.11 Å². The molecule has 1 heterocycles. The average molecular weight is 169 g/mol. The Morgan fingerprint density at radius 1 is 1.75 bits per heavy atom. The lowest BCUT2D eigenvalue weighted by Gasteiger charge is -2.02. The third kappa shape index (κ3) is 0.777. The van der Waals surface area contributed by atoms with Crippen LogP contribution >= 0.6 is 0 Å². The van der Waals surface area contributed by atoms with Gasteiger partial charge in [0, 0.05) is 6.54 Å². The number of esters is 1. The van der Waals surface area contributed by atoms with Crippen molar-refractivity contribution in [2.75, 3.05) is 13.7 Å². The van der Waals surface area contributed by atoms with Crippen molar-refractivity contribution in [3.05, 3.63) is 0 Å². The van der Waals surface area contributed by atoms with Gasteiger partial charge in [-0.3, -0.25) is 9.59 Å². The highest BCUT2D eigenvalue weighted by Gasteiger charge is 2.65. The van der Waals surface area contributed by atoms with E-state index in [0.29, 0.717) is 13.0 Å². The second-order valence-electron chi connectivity index (χ2n) is 3.44. The van der Waals surface area contributed by atoms with Crippen molar-refractivity contribution >= 4 is 11.9 Å². The second-order valence-corrected chi connectivity index (χ2v) is 3.44. The van der Waals surface area contributed by atoms with Gasteiger partial charge in [-0.25, -0.2) is 0 Å². The fraction of sp³-hybridized carbons (Fsp3) is 0.750. The van der Waals surface area contributed by atoms with Gasteiger partial charge in [0.15, 0.2) is 0 Å². The van der Waals surface area contributed by atoms with Gasteiger partial charge in [0.25, 0.3) is 0 Å². The van der Waals surface area contributed by atoms with Crippen molar-refractivity contribution in [3.8, 4) is 0 Å². The average Bonchev–Trinajstić information content (AvgIpc) is 2.68. The molecule has 0 aromatic carbocycles. The van der Waals surface area contributed by atoms with Crippen LogP contribution in [-0.4, -0.2) is 25.5 Å². The first-order valence-corrected chi connectivity index (χ1v) is 4.07. The van der Waals surface area contributed by atoms with Crippen molar-refractivity contribution in [1.29, 1.82) is 0 Å². The highest BCUT2D eigenvalue weighted by atomic mass is 16.5. The Morgan fingerprint density at radius 2 is 2.50 bits per heavy atom. The Balaban J connectivity index is 2.09. The monoisotopic (exact) mass is 169 g/mol. The van der Waals surface area contributed by atoms with Gasteiger partial charge < -0.3 is 10.1 Å². The molecular weight excluding hydrogens is 158 g/mol. The maximum atomic E-state index is 11.3. The molecule has 0 aromatic heterocycles. The molecule has 66 valence electrons. The highest BCUT2D eigenvalue weighted by molar-refractivity contribution is 5.95. The number of ether oxygens (including phenoxy) is 1. The molecule has 2 rings (SSSR count). The van der Waals surface area contributed by atoms with Crippen LogP contribution in [0.3, 0.4) is 0 Å². The number of hydrogen-bond donors (Lipinski definition) is 1. The molecule has 1 amide bonds. The van der Waals surface area contributed by atoms with Gasteiger partial charge in [0.05, 0.1) is 18.4 Å². The molecule has 0 unspecified atom stereocenters. The molecule has 0 radical (unpaired) electrons. The molecule has 2 atom stereocenters. The number of amides is 1. The molecule has 2 aliphatic rings. The lowest BCUT2D eigenvalue weighted by atomic mass is 10.0. The summed E-state index contributed by atoms with van der Waals surface area (Å²) in [6.07, 6.45) is 1.46. The van der Waals surface area contributed by atoms with Crippen molar-refractivity contribution < 1.29 is 14.3 Å². The zero-order valence-electron chi connectivity index (χ0n) is 6.92. The summed E-state index contributed by atoms with van der Waals surface area (Å²) in [7, 11) is 1.36. The molecule has 1 saturated heterocycles. The predicted octanol–water partition coefficient (Wildman–Crippen LogP) is -0.314. The van der Waals surface area contributed by atoms with Gasteiger partial charge in [0.1, 0.15) is 0 Å². The van der Waals surface area contributed by atoms with Crippen LogP contribution in [0.1, 0.15) is 12.8 Å². The summed E-state index contributed by atoms with van der Waals surface area (Å²) < 4.78 is 4.59. The Hall–Kier alpha value is -1.06. The summed E-state index contributed by atoms with van der Waals surface area (Å²) in [4.78, 5) is 22.3. The first kappa shape index (κ1) is 7.58. The van der Waals surface area contributed by atoms with Crippen LogP contribution in [0.4, 0.5) is 0 Å². The molecule has 1 aliphatic carbocycles. The summed E-state index contributed by atoms with van der Waals surface area (Å²) in [5.41, 5.74) is -0.382.